The lowest BCUT2D eigenvalue weighted by Crippen LogP contribution is -2.48. The van der Waals surface area contributed by atoms with Crippen molar-refractivity contribution in [1.82, 2.24) is 10.2 Å². The van der Waals surface area contributed by atoms with Crippen LogP contribution in [0.15, 0.2) is 0 Å². The van der Waals surface area contributed by atoms with E-state index in [9.17, 15) is 4.79 Å². The SMILES string of the molecule is CN(C)CC(=O)NC1CC(CN)C1. The normalized spacial score (nSPS) is 27.1. The number of carbonyl (C=O) groups excluding carboxylic acids is 1. The van der Waals surface area contributed by atoms with Gasteiger partial charge in [-0.15, -0.1) is 0 Å². The van der Waals surface area contributed by atoms with Gasteiger partial charge in [-0.3, -0.25) is 4.79 Å². The molecule has 0 saturated heterocycles. The molecule has 0 aliphatic heterocycles. The first-order chi connectivity index (χ1) is 6.11. The highest BCUT2D eigenvalue weighted by atomic mass is 16.2. The molecular formula is C9H19N3O. The van der Waals surface area contributed by atoms with Crippen molar-refractivity contribution in [3.05, 3.63) is 0 Å². The Bertz CT molecular complexity index is 176. The summed E-state index contributed by atoms with van der Waals surface area (Å²) in [6.45, 7) is 1.23. The maximum atomic E-state index is 11.3. The van der Waals surface area contributed by atoms with Gasteiger partial charge in [-0.2, -0.15) is 0 Å². The molecule has 0 atom stereocenters. The van der Waals surface area contributed by atoms with Crippen molar-refractivity contribution < 1.29 is 4.79 Å². The summed E-state index contributed by atoms with van der Waals surface area (Å²) in [6, 6.07) is 0.376. The fourth-order valence-electron chi connectivity index (χ4n) is 1.61. The third kappa shape index (κ3) is 3.32. The van der Waals surface area contributed by atoms with Crippen LogP contribution >= 0.6 is 0 Å². The van der Waals surface area contributed by atoms with E-state index in [2.05, 4.69) is 5.32 Å². The standard InChI is InChI=1S/C9H19N3O/c1-12(2)6-9(13)11-8-3-7(4-8)5-10/h7-8H,3-6,10H2,1-2H3,(H,11,13). The highest BCUT2D eigenvalue weighted by molar-refractivity contribution is 5.78. The highest BCUT2D eigenvalue weighted by Crippen LogP contribution is 2.25. The smallest absolute Gasteiger partial charge is 0.234 e. The Morgan fingerprint density at radius 1 is 1.54 bits per heavy atom. The van der Waals surface area contributed by atoms with Crippen molar-refractivity contribution in [3.8, 4) is 0 Å². The molecule has 1 aliphatic rings. The number of nitrogens with zero attached hydrogens (tertiary/aromatic N) is 1. The van der Waals surface area contributed by atoms with Crippen LogP contribution in [0.2, 0.25) is 0 Å². The number of hydrogen-bond acceptors (Lipinski definition) is 3. The quantitative estimate of drug-likeness (QED) is 0.615. The molecule has 0 aromatic heterocycles. The lowest BCUT2D eigenvalue weighted by molar-refractivity contribution is -0.123. The Morgan fingerprint density at radius 2 is 2.15 bits per heavy atom. The van der Waals surface area contributed by atoms with Crippen LogP contribution in [0.3, 0.4) is 0 Å². The summed E-state index contributed by atoms with van der Waals surface area (Å²) in [5, 5.41) is 2.98. The minimum Gasteiger partial charge on any atom is -0.352 e. The van der Waals surface area contributed by atoms with Crippen LogP contribution in [0, 0.1) is 5.92 Å². The molecule has 1 amide bonds. The minimum absolute atomic E-state index is 0.116. The number of amides is 1. The summed E-state index contributed by atoms with van der Waals surface area (Å²) in [5.74, 6) is 0.745. The lowest BCUT2D eigenvalue weighted by atomic mass is 9.80. The van der Waals surface area contributed by atoms with Crippen molar-refractivity contribution in [2.45, 2.75) is 18.9 Å². The zero-order chi connectivity index (χ0) is 9.84. The molecule has 76 valence electrons. The minimum atomic E-state index is 0.116. The third-order valence-electron chi connectivity index (χ3n) is 2.39. The molecular weight excluding hydrogens is 166 g/mol. The maximum Gasteiger partial charge on any atom is 0.234 e. The average Bonchev–Trinajstić information content (AvgIpc) is 1.94. The van der Waals surface area contributed by atoms with Gasteiger partial charge in [-0.1, -0.05) is 0 Å². The van der Waals surface area contributed by atoms with Crippen LogP contribution in [-0.2, 0) is 4.79 Å². The van der Waals surface area contributed by atoms with Crippen LogP contribution in [-0.4, -0.2) is 44.0 Å². The fraction of sp³-hybridized carbons (Fsp3) is 0.889. The molecule has 0 unspecified atom stereocenters. The summed E-state index contributed by atoms with van der Waals surface area (Å²) in [7, 11) is 3.78. The molecule has 0 bridgehead atoms. The topological polar surface area (TPSA) is 58.4 Å². The van der Waals surface area contributed by atoms with Crippen LogP contribution < -0.4 is 11.1 Å². The number of carbonyl (C=O) groups is 1. The van der Waals surface area contributed by atoms with Crippen LogP contribution in [0.4, 0.5) is 0 Å². The maximum absolute atomic E-state index is 11.3. The van der Waals surface area contributed by atoms with Gasteiger partial charge in [0.1, 0.15) is 0 Å². The second-order valence-electron chi connectivity index (χ2n) is 4.08. The van der Waals surface area contributed by atoms with Crippen LogP contribution in [0.1, 0.15) is 12.8 Å². The van der Waals surface area contributed by atoms with Crippen LogP contribution in [0.5, 0.6) is 0 Å². The molecule has 0 aromatic rings. The predicted molar refractivity (Wildman–Crippen MR) is 52.3 cm³/mol. The summed E-state index contributed by atoms with van der Waals surface area (Å²) < 4.78 is 0. The van der Waals surface area contributed by atoms with Crippen molar-refractivity contribution in [1.29, 1.82) is 0 Å². The van der Waals surface area contributed by atoms with Gasteiger partial charge in [0.05, 0.1) is 6.54 Å². The molecule has 4 nitrogen and oxygen atoms in total. The van der Waals surface area contributed by atoms with Gasteiger partial charge in [-0.25, -0.2) is 0 Å². The van der Waals surface area contributed by atoms with Gasteiger partial charge in [0.15, 0.2) is 0 Å². The van der Waals surface area contributed by atoms with E-state index in [4.69, 9.17) is 5.73 Å². The predicted octanol–water partition coefficient (Wildman–Crippen LogP) is -0.598. The summed E-state index contributed by atoms with van der Waals surface area (Å²) in [4.78, 5) is 13.1. The molecule has 1 rings (SSSR count). The highest BCUT2D eigenvalue weighted by Gasteiger charge is 2.28. The molecule has 1 aliphatic carbocycles. The zero-order valence-corrected chi connectivity index (χ0v) is 8.42. The van der Waals surface area contributed by atoms with E-state index in [1.807, 2.05) is 19.0 Å². The molecule has 3 N–H and O–H groups in total. The van der Waals surface area contributed by atoms with Gasteiger partial charge in [0, 0.05) is 6.04 Å². The summed E-state index contributed by atoms with van der Waals surface area (Å²) in [6.07, 6.45) is 2.10. The first-order valence-electron chi connectivity index (χ1n) is 4.76. The Hall–Kier alpha value is -0.610. The van der Waals surface area contributed by atoms with E-state index >= 15 is 0 Å². The van der Waals surface area contributed by atoms with E-state index < -0.39 is 0 Å². The Morgan fingerprint density at radius 3 is 2.62 bits per heavy atom. The molecule has 0 heterocycles. The number of likely N-dealkylation sites (N-methyl/N-ethyl adjacent to an activating group) is 1. The lowest BCUT2D eigenvalue weighted by Gasteiger charge is -2.35. The Kier molecular flexibility index (Phi) is 3.69. The van der Waals surface area contributed by atoms with E-state index in [1.54, 1.807) is 0 Å². The first-order valence-corrected chi connectivity index (χ1v) is 4.76. The fourth-order valence-corrected chi connectivity index (χ4v) is 1.61. The second kappa shape index (κ2) is 4.58. The number of nitrogens with two attached hydrogens (primary N) is 1. The second-order valence-corrected chi connectivity index (χ2v) is 4.08. The largest absolute Gasteiger partial charge is 0.352 e. The monoisotopic (exact) mass is 185 g/mol. The number of nitrogens with one attached hydrogen (secondary N) is 1. The van der Waals surface area contributed by atoms with Gasteiger partial charge in [0.25, 0.3) is 0 Å². The van der Waals surface area contributed by atoms with Gasteiger partial charge in [-0.05, 0) is 39.4 Å². The Labute approximate surface area is 79.5 Å². The molecule has 1 fully saturated rings. The zero-order valence-electron chi connectivity index (χ0n) is 8.42. The molecule has 0 radical (unpaired) electrons. The molecule has 0 spiro atoms. The van der Waals surface area contributed by atoms with E-state index in [0.29, 0.717) is 18.5 Å². The van der Waals surface area contributed by atoms with Gasteiger partial charge < -0.3 is 16.0 Å². The number of rotatable bonds is 4. The molecule has 13 heavy (non-hydrogen) atoms. The van der Waals surface area contributed by atoms with E-state index in [0.717, 1.165) is 19.4 Å². The van der Waals surface area contributed by atoms with Crippen molar-refractivity contribution in [2.24, 2.45) is 11.7 Å². The van der Waals surface area contributed by atoms with E-state index in [1.165, 1.54) is 0 Å². The average molecular weight is 185 g/mol. The van der Waals surface area contributed by atoms with Crippen molar-refractivity contribution in [3.63, 3.8) is 0 Å². The summed E-state index contributed by atoms with van der Waals surface area (Å²) >= 11 is 0. The van der Waals surface area contributed by atoms with Crippen LogP contribution in [0.25, 0.3) is 0 Å². The molecule has 0 aromatic carbocycles. The van der Waals surface area contributed by atoms with E-state index in [-0.39, 0.29) is 5.91 Å². The third-order valence-corrected chi connectivity index (χ3v) is 2.39. The molecule has 4 heteroatoms. The van der Waals surface area contributed by atoms with Crippen molar-refractivity contribution >= 4 is 5.91 Å². The van der Waals surface area contributed by atoms with Gasteiger partial charge >= 0.3 is 0 Å². The number of hydrogen-bond donors (Lipinski definition) is 2. The van der Waals surface area contributed by atoms with Crippen molar-refractivity contribution in [2.75, 3.05) is 27.2 Å². The van der Waals surface area contributed by atoms with Gasteiger partial charge in [0.2, 0.25) is 5.91 Å². The summed E-state index contributed by atoms with van der Waals surface area (Å²) in [5.41, 5.74) is 5.49. The first kappa shape index (κ1) is 10.5. The Balaban J connectivity index is 2.09. The molecule has 1 saturated carbocycles.